The van der Waals surface area contributed by atoms with Gasteiger partial charge in [-0.1, -0.05) is 72.8 Å². The fourth-order valence-corrected chi connectivity index (χ4v) is 6.60. The summed E-state index contributed by atoms with van der Waals surface area (Å²) in [6, 6.07) is 27.3. The van der Waals surface area contributed by atoms with Crippen molar-refractivity contribution in [2.24, 2.45) is 0 Å². The molecule has 0 bridgehead atoms. The summed E-state index contributed by atoms with van der Waals surface area (Å²) in [5, 5.41) is 0.450. The first-order valence-electron chi connectivity index (χ1n) is 18.1. The van der Waals surface area contributed by atoms with Crippen LogP contribution in [0.4, 0.5) is 0 Å². The van der Waals surface area contributed by atoms with Crippen molar-refractivity contribution in [1.29, 1.82) is 0 Å². The summed E-state index contributed by atoms with van der Waals surface area (Å²) in [7, 11) is -2.17. The van der Waals surface area contributed by atoms with Gasteiger partial charge in [-0.2, -0.15) is 0 Å². The molecule has 1 atom stereocenters. The Bertz CT molecular complexity index is 1780. The molecule has 0 aliphatic heterocycles. The van der Waals surface area contributed by atoms with Crippen LogP contribution in [-0.2, 0) is 18.6 Å². The number of hydrogen-bond acceptors (Lipinski definition) is 6. The van der Waals surface area contributed by atoms with Crippen LogP contribution in [0.5, 0.6) is 0 Å². The third-order valence-corrected chi connectivity index (χ3v) is 9.63. The first-order valence-corrected chi connectivity index (χ1v) is 19.3. The van der Waals surface area contributed by atoms with Crippen molar-refractivity contribution in [3.8, 4) is 33.4 Å². The summed E-state index contributed by atoms with van der Waals surface area (Å²) >= 11 is 0. The van der Waals surface area contributed by atoms with E-state index in [2.05, 4.69) is 50.1 Å². The summed E-state index contributed by atoms with van der Waals surface area (Å²) in [5.74, 6) is -0.766. The average Bonchev–Trinajstić information content (AvgIpc) is 3.17. The Balaban J connectivity index is 1.50. The Kier molecular flexibility index (Phi) is 16.5. The number of unbranched alkanes of at least 4 members (excludes halogenated alkanes) is 6. The number of aryl methyl sites for hydroxylation is 1. The second-order valence-electron chi connectivity index (χ2n) is 12.7. The molecular formula is C45H50O6P+. The third kappa shape index (κ3) is 12.4. The van der Waals surface area contributed by atoms with Crippen LogP contribution >= 0.6 is 8.03 Å². The Morgan fingerprint density at radius 1 is 0.538 bits per heavy atom. The number of carbonyl (C=O) groups is 2. The van der Waals surface area contributed by atoms with Crippen LogP contribution in [-0.4, -0.2) is 31.8 Å². The Morgan fingerprint density at radius 2 is 0.942 bits per heavy atom. The van der Waals surface area contributed by atoms with Gasteiger partial charge in [0.05, 0.1) is 24.3 Å². The summed E-state index contributed by atoms with van der Waals surface area (Å²) in [6.07, 6.45) is 13.3. The molecule has 0 aliphatic carbocycles. The predicted molar refractivity (Wildman–Crippen MR) is 213 cm³/mol. The molecule has 7 heteroatoms. The molecule has 0 aromatic heterocycles. The number of allylic oxidation sites excluding steroid dienone is 3. The van der Waals surface area contributed by atoms with Gasteiger partial charge in [0.15, 0.2) is 0 Å². The molecule has 4 rings (SSSR count). The van der Waals surface area contributed by atoms with E-state index in [1.165, 1.54) is 0 Å². The molecule has 0 saturated heterocycles. The maximum Gasteiger partial charge on any atom is 0.548 e. The molecule has 0 amide bonds. The monoisotopic (exact) mass is 717 g/mol. The number of ether oxygens (including phenoxy) is 2. The quantitative estimate of drug-likeness (QED) is 0.0348. The van der Waals surface area contributed by atoms with Gasteiger partial charge < -0.3 is 9.47 Å². The number of hydrogen-bond donors (Lipinski definition) is 0. The molecule has 4 aromatic rings. The second-order valence-corrected chi connectivity index (χ2v) is 14.0. The van der Waals surface area contributed by atoms with E-state index in [0.717, 1.165) is 96.7 Å². The lowest BCUT2D eigenvalue weighted by Crippen LogP contribution is -2.11. The fourth-order valence-electron chi connectivity index (χ4n) is 5.67. The van der Waals surface area contributed by atoms with Gasteiger partial charge >= 0.3 is 20.0 Å². The highest BCUT2D eigenvalue weighted by Gasteiger charge is 2.26. The molecule has 0 heterocycles. The third-order valence-electron chi connectivity index (χ3n) is 8.53. The van der Waals surface area contributed by atoms with Gasteiger partial charge in [-0.05, 0) is 126 Å². The van der Waals surface area contributed by atoms with E-state index in [-0.39, 0.29) is 5.97 Å². The summed E-state index contributed by atoms with van der Waals surface area (Å²) in [5.41, 5.74) is 7.49. The highest BCUT2D eigenvalue weighted by Crippen LogP contribution is 2.31. The lowest BCUT2D eigenvalue weighted by atomic mass is 9.96. The van der Waals surface area contributed by atoms with Gasteiger partial charge in [-0.25, -0.2) is 9.59 Å². The zero-order valence-corrected chi connectivity index (χ0v) is 31.2. The lowest BCUT2D eigenvalue weighted by Gasteiger charge is -2.10. The van der Waals surface area contributed by atoms with Gasteiger partial charge in [-0.3, -0.25) is 0 Å². The first kappa shape index (κ1) is 39.9. The minimum atomic E-state index is -2.17. The van der Waals surface area contributed by atoms with Crippen molar-refractivity contribution in [1.82, 2.24) is 0 Å². The van der Waals surface area contributed by atoms with Gasteiger partial charge in [0.1, 0.15) is 6.61 Å². The molecule has 0 N–H and O–H groups in total. The van der Waals surface area contributed by atoms with E-state index < -0.39 is 14.0 Å². The van der Waals surface area contributed by atoms with Crippen LogP contribution in [0.1, 0.15) is 84.1 Å². The van der Waals surface area contributed by atoms with E-state index in [9.17, 15) is 14.2 Å². The van der Waals surface area contributed by atoms with Crippen molar-refractivity contribution in [3.63, 3.8) is 0 Å². The Hall–Kier alpha value is -4.90. The zero-order valence-electron chi connectivity index (χ0n) is 30.3. The number of carbonyl (C=O) groups excluding carboxylic acids is 2. The highest BCUT2D eigenvalue weighted by molar-refractivity contribution is 7.48. The second kappa shape index (κ2) is 21.5. The SMILES string of the molecule is C=CCCCCOC(=O)c1cc(C)cc(-c2ccc(-c3ccc(-c4cc(C(=O)OCCCCC=C)cc([P+](=O)OCCCCC=C)c4)cc3)cc2)c1. The van der Waals surface area contributed by atoms with Crippen LogP contribution in [0.15, 0.2) is 123 Å². The summed E-state index contributed by atoms with van der Waals surface area (Å²) in [4.78, 5) is 25.8. The van der Waals surface area contributed by atoms with Crippen LogP contribution < -0.4 is 5.30 Å². The molecule has 0 saturated carbocycles. The van der Waals surface area contributed by atoms with Crippen LogP contribution in [0.2, 0.25) is 0 Å². The summed E-state index contributed by atoms with van der Waals surface area (Å²) in [6.45, 7) is 14.2. The minimum Gasteiger partial charge on any atom is -0.462 e. The highest BCUT2D eigenvalue weighted by atomic mass is 31.1. The molecule has 1 unspecified atom stereocenters. The van der Waals surface area contributed by atoms with Gasteiger partial charge in [0, 0.05) is 12.1 Å². The first-order chi connectivity index (χ1) is 25.3. The van der Waals surface area contributed by atoms with E-state index >= 15 is 0 Å². The molecule has 52 heavy (non-hydrogen) atoms. The van der Waals surface area contributed by atoms with Crippen molar-refractivity contribution in [2.45, 2.75) is 64.7 Å². The molecule has 270 valence electrons. The predicted octanol–water partition coefficient (Wildman–Crippen LogP) is 11.8. The maximum atomic E-state index is 13.2. The molecule has 0 aliphatic rings. The van der Waals surface area contributed by atoms with Crippen molar-refractivity contribution >= 4 is 25.3 Å². The zero-order chi connectivity index (χ0) is 37.1. The van der Waals surface area contributed by atoms with Crippen molar-refractivity contribution < 1.29 is 28.2 Å². The molecular weight excluding hydrogens is 667 g/mol. The van der Waals surface area contributed by atoms with Gasteiger partial charge in [-0.15, -0.1) is 24.3 Å². The average molecular weight is 718 g/mol. The van der Waals surface area contributed by atoms with Crippen LogP contribution in [0.25, 0.3) is 33.4 Å². The largest absolute Gasteiger partial charge is 0.548 e. The minimum absolute atomic E-state index is 0.306. The van der Waals surface area contributed by atoms with E-state index in [0.29, 0.717) is 36.3 Å². The number of benzene rings is 4. The van der Waals surface area contributed by atoms with Crippen LogP contribution in [0.3, 0.4) is 0 Å². The van der Waals surface area contributed by atoms with Crippen molar-refractivity contribution in [2.75, 3.05) is 19.8 Å². The Morgan fingerprint density at radius 3 is 1.40 bits per heavy atom. The summed E-state index contributed by atoms with van der Waals surface area (Å²) < 4.78 is 29.9. The lowest BCUT2D eigenvalue weighted by molar-refractivity contribution is 0.0489. The van der Waals surface area contributed by atoms with Gasteiger partial charge in [0.25, 0.3) is 0 Å². The molecule has 0 fully saturated rings. The number of rotatable bonds is 22. The number of esters is 2. The van der Waals surface area contributed by atoms with Gasteiger partial charge in [0.2, 0.25) is 5.30 Å². The van der Waals surface area contributed by atoms with E-state index in [1.54, 1.807) is 12.1 Å². The standard InChI is InChI=1S/C45H50O6P/c1-5-8-11-14-25-49-44(46)41-29-34(4)28-39(30-41)37-21-17-35(18-22-37)36-19-23-38(24-20-36)40-31-42(45(47)50-26-15-12-9-6-2)33-43(32-40)52(48)51-27-16-13-10-7-3/h5-7,17-24,28-33H,1-3,8-16,25-27H2,4H3/q+1. The molecule has 6 nitrogen and oxygen atoms in total. The van der Waals surface area contributed by atoms with E-state index in [1.807, 2.05) is 67.6 Å². The topological polar surface area (TPSA) is 78.9 Å². The fraction of sp³-hybridized carbons (Fsp3) is 0.289. The van der Waals surface area contributed by atoms with Crippen molar-refractivity contribution in [3.05, 3.63) is 140 Å². The molecule has 0 radical (unpaired) electrons. The normalized spacial score (nSPS) is 11.1. The maximum absolute atomic E-state index is 13.2. The van der Waals surface area contributed by atoms with E-state index in [4.69, 9.17) is 14.0 Å². The molecule has 0 spiro atoms. The Labute approximate surface area is 310 Å². The smallest absolute Gasteiger partial charge is 0.462 e. The molecule has 4 aromatic carbocycles. The van der Waals surface area contributed by atoms with Crippen LogP contribution in [0, 0.1) is 6.92 Å².